The number of aryl methyl sites for hydroxylation is 1. The molecular formula is C15H14ClNO. The van der Waals surface area contributed by atoms with Crippen molar-refractivity contribution in [3.05, 3.63) is 70.2 Å². The highest BCUT2D eigenvalue weighted by molar-refractivity contribution is 6.30. The number of hydrogen-bond acceptors (Lipinski definition) is 2. The molecule has 0 saturated carbocycles. The van der Waals surface area contributed by atoms with E-state index in [9.17, 15) is 0 Å². The van der Waals surface area contributed by atoms with E-state index in [4.69, 9.17) is 16.4 Å². The van der Waals surface area contributed by atoms with E-state index in [1.54, 1.807) is 6.21 Å². The number of rotatable bonds is 4. The van der Waals surface area contributed by atoms with Gasteiger partial charge in [0, 0.05) is 5.02 Å². The first kappa shape index (κ1) is 12.7. The molecular weight excluding hydrogens is 246 g/mol. The van der Waals surface area contributed by atoms with E-state index in [-0.39, 0.29) is 0 Å². The molecule has 18 heavy (non-hydrogen) atoms. The lowest BCUT2D eigenvalue weighted by atomic mass is 10.1. The van der Waals surface area contributed by atoms with Crippen molar-refractivity contribution < 1.29 is 4.84 Å². The average Bonchev–Trinajstić information content (AvgIpc) is 2.37. The summed E-state index contributed by atoms with van der Waals surface area (Å²) in [5, 5.41) is 4.64. The summed E-state index contributed by atoms with van der Waals surface area (Å²) in [6.45, 7) is 2.53. The van der Waals surface area contributed by atoms with Crippen LogP contribution in [0.5, 0.6) is 0 Å². The largest absolute Gasteiger partial charge is 0.391 e. The fourth-order valence-corrected chi connectivity index (χ4v) is 1.69. The summed E-state index contributed by atoms with van der Waals surface area (Å²) in [6.07, 6.45) is 1.67. The van der Waals surface area contributed by atoms with Gasteiger partial charge in [0.05, 0.1) is 6.21 Å². The molecule has 3 heteroatoms. The predicted molar refractivity (Wildman–Crippen MR) is 75.0 cm³/mol. The van der Waals surface area contributed by atoms with Crippen molar-refractivity contribution in [3.63, 3.8) is 0 Å². The van der Waals surface area contributed by atoms with Crippen LogP contribution in [0.1, 0.15) is 16.7 Å². The highest BCUT2D eigenvalue weighted by Crippen LogP contribution is 2.08. The minimum atomic E-state index is 0.478. The van der Waals surface area contributed by atoms with Gasteiger partial charge < -0.3 is 4.84 Å². The first-order chi connectivity index (χ1) is 8.74. The second-order valence-corrected chi connectivity index (χ2v) is 4.48. The highest BCUT2D eigenvalue weighted by atomic mass is 35.5. The predicted octanol–water partition coefficient (Wildman–Crippen LogP) is 4.20. The molecule has 0 fully saturated rings. The van der Waals surface area contributed by atoms with E-state index in [1.165, 1.54) is 5.56 Å². The van der Waals surface area contributed by atoms with Gasteiger partial charge in [-0.1, -0.05) is 58.7 Å². The smallest absolute Gasteiger partial charge is 0.142 e. The van der Waals surface area contributed by atoms with Crippen LogP contribution in [0.4, 0.5) is 0 Å². The monoisotopic (exact) mass is 259 g/mol. The van der Waals surface area contributed by atoms with Gasteiger partial charge in [0.1, 0.15) is 6.61 Å². The van der Waals surface area contributed by atoms with E-state index < -0.39 is 0 Å². The van der Waals surface area contributed by atoms with Crippen molar-refractivity contribution in [1.29, 1.82) is 0 Å². The molecule has 0 unspecified atom stereocenters. The van der Waals surface area contributed by atoms with Crippen molar-refractivity contribution >= 4 is 17.8 Å². The molecule has 2 rings (SSSR count). The number of nitrogens with zero attached hydrogens (tertiary/aromatic N) is 1. The van der Waals surface area contributed by atoms with E-state index in [0.717, 1.165) is 11.1 Å². The van der Waals surface area contributed by atoms with Crippen molar-refractivity contribution in [1.82, 2.24) is 0 Å². The molecule has 2 nitrogen and oxygen atoms in total. The molecule has 0 aromatic heterocycles. The van der Waals surface area contributed by atoms with Crippen LogP contribution >= 0.6 is 11.6 Å². The van der Waals surface area contributed by atoms with Crippen LogP contribution in [-0.2, 0) is 11.4 Å². The van der Waals surface area contributed by atoms with Crippen molar-refractivity contribution in [2.45, 2.75) is 13.5 Å². The molecule has 0 aliphatic heterocycles. The molecule has 92 valence electrons. The Morgan fingerprint density at radius 1 is 1.17 bits per heavy atom. The Labute approximate surface area is 112 Å². The molecule has 2 aromatic carbocycles. The van der Waals surface area contributed by atoms with Gasteiger partial charge in [-0.15, -0.1) is 0 Å². The topological polar surface area (TPSA) is 21.6 Å². The summed E-state index contributed by atoms with van der Waals surface area (Å²) < 4.78 is 0. The van der Waals surface area contributed by atoms with E-state index in [1.807, 2.05) is 36.4 Å². The summed E-state index contributed by atoms with van der Waals surface area (Å²) >= 11 is 5.79. The Morgan fingerprint density at radius 3 is 2.67 bits per heavy atom. The summed E-state index contributed by atoms with van der Waals surface area (Å²) in [5.41, 5.74) is 3.30. The van der Waals surface area contributed by atoms with Crippen LogP contribution in [0.3, 0.4) is 0 Å². The Kier molecular flexibility index (Phi) is 4.37. The third-order valence-electron chi connectivity index (χ3n) is 2.46. The normalized spacial score (nSPS) is 10.8. The maximum absolute atomic E-state index is 5.79. The van der Waals surface area contributed by atoms with Gasteiger partial charge in [0.15, 0.2) is 0 Å². The zero-order valence-corrected chi connectivity index (χ0v) is 10.9. The summed E-state index contributed by atoms with van der Waals surface area (Å²) in [5.74, 6) is 0. The zero-order chi connectivity index (χ0) is 12.8. The maximum atomic E-state index is 5.79. The van der Waals surface area contributed by atoms with Crippen molar-refractivity contribution in [2.75, 3.05) is 0 Å². The van der Waals surface area contributed by atoms with Crippen molar-refractivity contribution in [3.8, 4) is 0 Å². The zero-order valence-electron chi connectivity index (χ0n) is 10.1. The Balaban J connectivity index is 1.87. The summed E-state index contributed by atoms with van der Waals surface area (Å²) in [7, 11) is 0. The molecule has 0 aliphatic carbocycles. The van der Waals surface area contributed by atoms with Gasteiger partial charge in [-0.05, 0) is 30.2 Å². The molecule has 0 N–H and O–H groups in total. The maximum Gasteiger partial charge on any atom is 0.142 e. The van der Waals surface area contributed by atoms with Gasteiger partial charge in [-0.2, -0.15) is 0 Å². The van der Waals surface area contributed by atoms with E-state index in [0.29, 0.717) is 11.6 Å². The first-order valence-electron chi connectivity index (χ1n) is 5.70. The second-order valence-electron chi connectivity index (χ2n) is 4.05. The summed E-state index contributed by atoms with van der Waals surface area (Å²) in [4.78, 5) is 5.25. The van der Waals surface area contributed by atoms with Gasteiger partial charge >= 0.3 is 0 Å². The first-order valence-corrected chi connectivity index (χ1v) is 6.08. The van der Waals surface area contributed by atoms with Crippen LogP contribution < -0.4 is 0 Å². The standard InChI is InChI=1S/C15H14ClNO/c1-12-3-2-4-14(9-12)11-18-17-10-13-5-7-15(16)8-6-13/h2-10H,11H2,1H3/b17-10+. The van der Waals surface area contributed by atoms with Gasteiger partial charge in [0.2, 0.25) is 0 Å². The lowest BCUT2D eigenvalue weighted by Gasteiger charge is -2.00. The van der Waals surface area contributed by atoms with Crippen LogP contribution in [0.25, 0.3) is 0 Å². The van der Waals surface area contributed by atoms with Crippen molar-refractivity contribution in [2.24, 2.45) is 5.16 Å². The fraction of sp³-hybridized carbons (Fsp3) is 0.133. The number of benzene rings is 2. The molecule has 0 bridgehead atoms. The van der Waals surface area contributed by atoms with Crippen LogP contribution in [0.2, 0.25) is 5.02 Å². The fourth-order valence-electron chi connectivity index (χ4n) is 1.56. The molecule has 2 aromatic rings. The molecule has 0 aliphatic rings. The lowest BCUT2D eigenvalue weighted by Crippen LogP contribution is -1.88. The van der Waals surface area contributed by atoms with Gasteiger partial charge in [-0.25, -0.2) is 0 Å². The van der Waals surface area contributed by atoms with Crippen LogP contribution in [0, 0.1) is 6.92 Å². The average molecular weight is 260 g/mol. The SMILES string of the molecule is Cc1cccc(CO/N=C/c2ccc(Cl)cc2)c1. The number of oxime groups is 1. The molecule has 0 heterocycles. The molecule has 0 amide bonds. The quantitative estimate of drug-likeness (QED) is 0.596. The third kappa shape index (κ3) is 3.90. The molecule has 0 atom stereocenters. The minimum absolute atomic E-state index is 0.478. The summed E-state index contributed by atoms with van der Waals surface area (Å²) in [6, 6.07) is 15.6. The van der Waals surface area contributed by atoms with Gasteiger partial charge in [0.25, 0.3) is 0 Å². The lowest BCUT2D eigenvalue weighted by molar-refractivity contribution is 0.132. The number of halogens is 1. The second kappa shape index (κ2) is 6.22. The van der Waals surface area contributed by atoms with Gasteiger partial charge in [-0.3, -0.25) is 0 Å². The molecule has 0 spiro atoms. The van der Waals surface area contributed by atoms with Crippen LogP contribution in [-0.4, -0.2) is 6.21 Å². The van der Waals surface area contributed by atoms with Crippen LogP contribution in [0.15, 0.2) is 53.7 Å². The number of hydrogen-bond donors (Lipinski definition) is 0. The van der Waals surface area contributed by atoms with E-state index in [2.05, 4.69) is 24.2 Å². The Bertz CT molecular complexity index is 534. The molecule has 0 radical (unpaired) electrons. The minimum Gasteiger partial charge on any atom is -0.391 e. The Hall–Kier alpha value is -1.80. The Morgan fingerprint density at radius 2 is 1.94 bits per heavy atom. The third-order valence-corrected chi connectivity index (χ3v) is 2.71. The molecule has 0 saturated heterocycles. The van der Waals surface area contributed by atoms with E-state index >= 15 is 0 Å². The highest BCUT2D eigenvalue weighted by Gasteiger charge is 1.93.